The van der Waals surface area contributed by atoms with Crippen molar-refractivity contribution < 1.29 is 18.9 Å². The van der Waals surface area contributed by atoms with Crippen LogP contribution in [-0.2, 0) is 10.8 Å². The van der Waals surface area contributed by atoms with E-state index in [1.807, 2.05) is 0 Å². The molecule has 0 unspecified atom stereocenters. The van der Waals surface area contributed by atoms with Crippen LogP contribution in [0.1, 0.15) is 52.7 Å². The second kappa shape index (κ2) is 5.52. The number of fused-ring (bicyclic) bond motifs is 3. The first-order valence-electron chi connectivity index (χ1n) is 7.81. The first-order valence-corrected chi connectivity index (χ1v) is 7.81. The van der Waals surface area contributed by atoms with Crippen molar-refractivity contribution in [2.45, 2.75) is 52.4 Å². The van der Waals surface area contributed by atoms with E-state index in [2.05, 4.69) is 84.0 Å². The average molecular weight is 284 g/mol. The maximum absolute atomic E-state index is 2.40. The largest absolute Gasteiger partial charge is 1.00 e. The molecular weight excluding hydrogens is 259 g/mol. The molecule has 0 aliphatic heterocycles. The van der Waals surface area contributed by atoms with Gasteiger partial charge in [-0.15, -0.1) is 39.7 Å². The van der Waals surface area contributed by atoms with Crippen LogP contribution in [0, 0.1) is 0 Å². The molecule has 0 saturated heterocycles. The summed E-state index contributed by atoms with van der Waals surface area (Å²) in [5, 5.41) is 5.56. The molecule has 110 valence electrons. The summed E-state index contributed by atoms with van der Waals surface area (Å²) in [7, 11) is 0. The molecule has 0 radical (unpaired) electrons. The summed E-state index contributed by atoms with van der Waals surface area (Å²) >= 11 is 0. The Labute approximate surface area is 146 Å². The van der Waals surface area contributed by atoms with Gasteiger partial charge in [0.05, 0.1) is 0 Å². The topological polar surface area (TPSA) is 0 Å². The summed E-state index contributed by atoms with van der Waals surface area (Å²) in [5.74, 6) is 0. The molecular formula is C21H25Li. The van der Waals surface area contributed by atoms with Gasteiger partial charge in [0.15, 0.2) is 0 Å². The SMILES string of the molecule is CC(C)(C)c1ccc2[cH-]c3cccc(C(C)(C)C)c3c2c1.[Li+]. The van der Waals surface area contributed by atoms with Gasteiger partial charge in [0.2, 0.25) is 0 Å². The quantitative estimate of drug-likeness (QED) is 0.439. The van der Waals surface area contributed by atoms with Gasteiger partial charge in [-0.05, 0) is 10.8 Å². The summed E-state index contributed by atoms with van der Waals surface area (Å²) in [6, 6.07) is 16.0. The van der Waals surface area contributed by atoms with E-state index in [1.54, 1.807) is 0 Å². The van der Waals surface area contributed by atoms with Crippen molar-refractivity contribution in [3.05, 3.63) is 53.6 Å². The van der Waals surface area contributed by atoms with Gasteiger partial charge in [-0.1, -0.05) is 76.9 Å². The van der Waals surface area contributed by atoms with Crippen LogP contribution >= 0.6 is 0 Å². The molecule has 0 aliphatic carbocycles. The Balaban J connectivity index is 0.00000176. The molecule has 0 fully saturated rings. The van der Waals surface area contributed by atoms with Gasteiger partial charge in [0.1, 0.15) is 0 Å². The van der Waals surface area contributed by atoms with Gasteiger partial charge >= 0.3 is 18.9 Å². The van der Waals surface area contributed by atoms with E-state index in [0.717, 1.165) is 0 Å². The second-order valence-corrected chi connectivity index (χ2v) is 8.22. The van der Waals surface area contributed by atoms with Crippen LogP contribution in [-0.4, -0.2) is 0 Å². The zero-order valence-corrected chi connectivity index (χ0v) is 15.0. The van der Waals surface area contributed by atoms with E-state index < -0.39 is 0 Å². The Kier molecular flexibility index (Phi) is 4.33. The van der Waals surface area contributed by atoms with Crippen molar-refractivity contribution in [2.24, 2.45) is 0 Å². The summed E-state index contributed by atoms with van der Waals surface area (Å²) < 4.78 is 0. The van der Waals surface area contributed by atoms with Gasteiger partial charge in [-0.2, -0.15) is 0 Å². The van der Waals surface area contributed by atoms with Crippen LogP contribution in [0.2, 0.25) is 0 Å². The van der Waals surface area contributed by atoms with Crippen molar-refractivity contribution in [3.63, 3.8) is 0 Å². The van der Waals surface area contributed by atoms with E-state index in [1.165, 1.54) is 32.7 Å². The van der Waals surface area contributed by atoms with Crippen molar-refractivity contribution in [1.82, 2.24) is 0 Å². The minimum Gasteiger partial charge on any atom is -0.126 e. The standard InChI is InChI=1S/C21H25.Li/c1-20(2,3)16-11-10-14-12-15-8-7-9-18(21(4,5)6)19(15)17(14)13-16;/h7-13H,1-6H3;/q-1;+1. The molecule has 3 rings (SSSR count). The molecule has 22 heavy (non-hydrogen) atoms. The van der Waals surface area contributed by atoms with E-state index in [-0.39, 0.29) is 29.7 Å². The fourth-order valence-electron chi connectivity index (χ4n) is 3.15. The van der Waals surface area contributed by atoms with Crippen molar-refractivity contribution >= 4 is 21.5 Å². The number of hydrogen-bond acceptors (Lipinski definition) is 0. The third kappa shape index (κ3) is 2.88. The number of rotatable bonds is 0. The van der Waals surface area contributed by atoms with Crippen LogP contribution in [0.15, 0.2) is 42.5 Å². The minimum absolute atomic E-state index is 0. The zero-order valence-electron chi connectivity index (χ0n) is 15.0. The monoisotopic (exact) mass is 284 g/mol. The van der Waals surface area contributed by atoms with E-state index >= 15 is 0 Å². The van der Waals surface area contributed by atoms with E-state index in [4.69, 9.17) is 0 Å². The van der Waals surface area contributed by atoms with Gasteiger partial charge in [0.25, 0.3) is 0 Å². The van der Waals surface area contributed by atoms with Crippen molar-refractivity contribution in [3.8, 4) is 0 Å². The molecule has 3 aromatic rings. The van der Waals surface area contributed by atoms with Crippen molar-refractivity contribution in [1.29, 1.82) is 0 Å². The van der Waals surface area contributed by atoms with Crippen LogP contribution in [0.4, 0.5) is 0 Å². The number of hydrogen-bond donors (Lipinski definition) is 0. The van der Waals surface area contributed by atoms with Crippen LogP contribution in [0.3, 0.4) is 0 Å². The summed E-state index contributed by atoms with van der Waals surface area (Å²) in [5.41, 5.74) is 3.21. The predicted molar refractivity (Wildman–Crippen MR) is 94.4 cm³/mol. The number of benzene rings is 2. The minimum atomic E-state index is 0. The molecule has 0 aromatic heterocycles. The molecule has 0 atom stereocenters. The van der Waals surface area contributed by atoms with Crippen molar-refractivity contribution in [2.75, 3.05) is 0 Å². The summed E-state index contributed by atoms with van der Waals surface area (Å²) in [4.78, 5) is 0. The maximum Gasteiger partial charge on any atom is 1.00 e. The summed E-state index contributed by atoms with van der Waals surface area (Å²) in [6.45, 7) is 13.7. The molecule has 0 amide bonds. The van der Waals surface area contributed by atoms with Gasteiger partial charge in [-0.3, -0.25) is 0 Å². The average Bonchev–Trinajstić information content (AvgIpc) is 2.73. The molecule has 0 N–H and O–H groups in total. The van der Waals surface area contributed by atoms with Gasteiger partial charge in [0, 0.05) is 0 Å². The molecule has 3 aromatic carbocycles. The predicted octanol–water partition coefficient (Wildman–Crippen LogP) is 3.31. The van der Waals surface area contributed by atoms with Crippen LogP contribution in [0.5, 0.6) is 0 Å². The molecule has 1 heteroatoms. The van der Waals surface area contributed by atoms with Gasteiger partial charge < -0.3 is 0 Å². The first kappa shape index (κ1) is 17.3. The summed E-state index contributed by atoms with van der Waals surface area (Å²) in [6.07, 6.45) is 0. The second-order valence-electron chi connectivity index (χ2n) is 8.22. The Morgan fingerprint density at radius 1 is 0.773 bits per heavy atom. The molecule has 0 bridgehead atoms. The first-order chi connectivity index (χ1) is 9.68. The van der Waals surface area contributed by atoms with Crippen LogP contribution in [0.25, 0.3) is 21.5 Å². The van der Waals surface area contributed by atoms with Gasteiger partial charge in [-0.25, -0.2) is 0 Å². The Morgan fingerprint density at radius 2 is 1.45 bits per heavy atom. The molecule has 0 heterocycles. The third-order valence-corrected chi connectivity index (χ3v) is 4.40. The smallest absolute Gasteiger partial charge is 0.126 e. The fraction of sp³-hybridized carbons (Fsp3) is 0.381. The van der Waals surface area contributed by atoms with Crippen LogP contribution < -0.4 is 18.9 Å². The Bertz CT molecular complexity index is 807. The maximum atomic E-state index is 2.40. The third-order valence-electron chi connectivity index (χ3n) is 4.40. The molecule has 0 aliphatic rings. The zero-order chi connectivity index (χ0) is 15.4. The van der Waals surface area contributed by atoms with E-state index in [9.17, 15) is 0 Å². The molecule has 0 spiro atoms. The molecule has 0 nitrogen and oxygen atoms in total. The Morgan fingerprint density at radius 3 is 2.05 bits per heavy atom. The van der Waals surface area contributed by atoms with E-state index in [0.29, 0.717) is 0 Å². The Hall–Kier alpha value is -1.09. The molecule has 0 saturated carbocycles. The fourth-order valence-corrected chi connectivity index (χ4v) is 3.15. The normalized spacial score (nSPS) is 12.6.